The molecule has 4 aromatic rings. The molecule has 0 bridgehead atoms. The Kier molecular flexibility index (Phi) is 3.95. The highest BCUT2D eigenvalue weighted by molar-refractivity contribution is 7.21. The molecule has 0 amide bonds. The number of thiophene rings is 1. The van der Waals surface area contributed by atoms with E-state index >= 15 is 0 Å². The third-order valence-corrected chi connectivity index (χ3v) is 6.98. The zero-order valence-electron chi connectivity index (χ0n) is 16.0. The fraction of sp³-hybridized carbons (Fsp3) is 0.200. The molecule has 28 heavy (non-hydrogen) atoms. The number of hydrogen-bond donors (Lipinski definition) is 0. The highest BCUT2D eigenvalue weighted by atomic mass is 32.1. The molecule has 1 saturated carbocycles. The molecular formula is C25H21NOS. The fourth-order valence-corrected chi connectivity index (χ4v) is 5.01. The van der Waals surface area contributed by atoms with Crippen LogP contribution in [0.5, 0.6) is 0 Å². The van der Waals surface area contributed by atoms with E-state index in [2.05, 4.69) is 71.7 Å². The zero-order chi connectivity index (χ0) is 19.3. The van der Waals surface area contributed by atoms with E-state index in [1.807, 2.05) is 6.92 Å². The van der Waals surface area contributed by atoms with Crippen molar-refractivity contribution in [2.45, 2.75) is 32.1 Å². The second-order valence-corrected chi connectivity index (χ2v) is 8.78. The molecule has 1 aliphatic carbocycles. The van der Waals surface area contributed by atoms with Crippen LogP contribution in [-0.2, 0) is 10.2 Å². The summed E-state index contributed by atoms with van der Waals surface area (Å²) >= 11 is 1.74. The van der Waals surface area contributed by atoms with Crippen LogP contribution in [0.4, 0.5) is 0 Å². The Morgan fingerprint density at radius 2 is 1.50 bits per heavy atom. The molecule has 0 unspecified atom stereocenters. The van der Waals surface area contributed by atoms with E-state index in [0.717, 1.165) is 28.9 Å². The Labute approximate surface area is 168 Å². The van der Waals surface area contributed by atoms with Crippen LogP contribution in [0.2, 0.25) is 0 Å². The van der Waals surface area contributed by atoms with Gasteiger partial charge < -0.3 is 0 Å². The second-order valence-electron chi connectivity index (χ2n) is 7.75. The fourth-order valence-electron chi connectivity index (χ4n) is 3.93. The lowest BCUT2D eigenvalue weighted by molar-refractivity contribution is -0.119. The first kappa shape index (κ1) is 17.3. The number of Topliss-reactive ketones (excluding diaryl/α,β-unsaturated/α-hetero) is 1. The summed E-state index contributed by atoms with van der Waals surface area (Å²) in [5.74, 6) is 0.289. The second kappa shape index (κ2) is 6.39. The predicted molar refractivity (Wildman–Crippen MR) is 117 cm³/mol. The van der Waals surface area contributed by atoms with Gasteiger partial charge in [-0.3, -0.25) is 4.79 Å². The molecule has 0 atom stereocenters. The maximum atomic E-state index is 11.9. The molecule has 2 aromatic carbocycles. The van der Waals surface area contributed by atoms with Gasteiger partial charge in [-0.2, -0.15) is 0 Å². The predicted octanol–water partition coefficient (Wildman–Crippen LogP) is 6.56. The molecule has 2 nitrogen and oxygen atoms in total. The minimum atomic E-state index is -0.198. The first-order valence-electron chi connectivity index (χ1n) is 9.65. The van der Waals surface area contributed by atoms with Gasteiger partial charge in [0.05, 0.1) is 5.41 Å². The third kappa shape index (κ3) is 2.87. The van der Waals surface area contributed by atoms with Crippen molar-refractivity contribution in [1.29, 1.82) is 0 Å². The van der Waals surface area contributed by atoms with Crippen molar-refractivity contribution >= 4 is 27.3 Å². The van der Waals surface area contributed by atoms with Crippen LogP contribution in [0.3, 0.4) is 0 Å². The Balaban J connectivity index is 1.42. The number of aromatic nitrogens is 1. The van der Waals surface area contributed by atoms with Crippen LogP contribution in [0, 0.1) is 6.92 Å². The summed E-state index contributed by atoms with van der Waals surface area (Å²) in [5, 5.41) is 1.20. The molecule has 2 heterocycles. The molecule has 3 heteroatoms. The SMILES string of the molecule is CC(=O)C1(c2ccc(-c3ccc(-c4cc5ccc(C)nc5s4)cc3)cc2)CC1. The average Bonchev–Trinajstić information content (AvgIpc) is 3.43. The molecule has 0 radical (unpaired) electrons. The normalized spacial score (nSPS) is 14.9. The summed E-state index contributed by atoms with van der Waals surface area (Å²) in [6.45, 7) is 3.74. The van der Waals surface area contributed by atoms with Gasteiger partial charge in [-0.25, -0.2) is 4.98 Å². The molecule has 138 valence electrons. The van der Waals surface area contributed by atoms with E-state index in [1.54, 1.807) is 18.3 Å². The highest BCUT2D eigenvalue weighted by Crippen LogP contribution is 2.49. The summed E-state index contributed by atoms with van der Waals surface area (Å²) in [4.78, 5) is 18.9. The summed E-state index contributed by atoms with van der Waals surface area (Å²) < 4.78 is 0. The minimum absolute atomic E-state index is 0.198. The van der Waals surface area contributed by atoms with Gasteiger partial charge in [-0.1, -0.05) is 54.6 Å². The van der Waals surface area contributed by atoms with Gasteiger partial charge in [-0.15, -0.1) is 11.3 Å². The monoisotopic (exact) mass is 383 g/mol. The minimum Gasteiger partial charge on any atom is -0.299 e. The number of nitrogens with zero attached hydrogens (tertiary/aromatic N) is 1. The molecule has 0 saturated heterocycles. The molecule has 1 fully saturated rings. The summed E-state index contributed by atoms with van der Waals surface area (Å²) in [6.07, 6.45) is 1.97. The summed E-state index contributed by atoms with van der Waals surface area (Å²) in [7, 11) is 0. The molecule has 2 aromatic heterocycles. The van der Waals surface area contributed by atoms with Gasteiger partial charge in [-0.05, 0) is 61.1 Å². The van der Waals surface area contributed by atoms with Crippen molar-refractivity contribution in [2.24, 2.45) is 0 Å². The number of carbonyl (C=O) groups excluding carboxylic acids is 1. The summed E-state index contributed by atoms with van der Waals surface area (Å²) in [6, 6.07) is 23.6. The van der Waals surface area contributed by atoms with Gasteiger partial charge in [0.15, 0.2) is 0 Å². The molecule has 1 aliphatic rings. The van der Waals surface area contributed by atoms with Gasteiger partial charge in [0.2, 0.25) is 0 Å². The van der Waals surface area contributed by atoms with Crippen molar-refractivity contribution in [3.63, 3.8) is 0 Å². The lowest BCUT2D eigenvalue weighted by Gasteiger charge is -2.12. The first-order valence-corrected chi connectivity index (χ1v) is 10.5. The number of hydrogen-bond acceptors (Lipinski definition) is 3. The molecular weight excluding hydrogens is 362 g/mol. The highest BCUT2D eigenvalue weighted by Gasteiger charge is 2.48. The quantitative estimate of drug-likeness (QED) is 0.399. The molecule has 0 spiro atoms. The smallest absolute Gasteiger partial charge is 0.140 e. The first-order chi connectivity index (χ1) is 13.5. The van der Waals surface area contributed by atoms with E-state index in [1.165, 1.54) is 27.0 Å². The van der Waals surface area contributed by atoms with Crippen LogP contribution in [0.1, 0.15) is 31.0 Å². The van der Waals surface area contributed by atoms with Crippen molar-refractivity contribution in [3.05, 3.63) is 78.0 Å². The number of fused-ring (bicyclic) bond motifs is 1. The molecule has 5 rings (SSSR count). The van der Waals surface area contributed by atoms with E-state index in [-0.39, 0.29) is 11.2 Å². The number of aryl methyl sites for hydroxylation is 1. The molecule has 0 aliphatic heterocycles. The van der Waals surface area contributed by atoms with Crippen LogP contribution >= 0.6 is 11.3 Å². The van der Waals surface area contributed by atoms with Gasteiger partial charge in [0.25, 0.3) is 0 Å². The van der Waals surface area contributed by atoms with E-state index in [9.17, 15) is 4.79 Å². The van der Waals surface area contributed by atoms with Crippen molar-refractivity contribution < 1.29 is 4.79 Å². The Bertz CT molecular complexity index is 1180. The number of carbonyl (C=O) groups is 1. The van der Waals surface area contributed by atoms with Crippen molar-refractivity contribution in [3.8, 4) is 21.6 Å². The van der Waals surface area contributed by atoms with Crippen molar-refractivity contribution in [1.82, 2.24) is 4.98 Å². The topological polar surface area (TPSA) is 30.0 Å². The van der Waals surface area contributed by atoms with E-state index in [4.69, 9.17) is 0 Å². The van der Waals surface area contributed by atoms with E-state index < -0.39 is 0 Å². The zero-order valence-corrected chi connectivity index (χ0v) is 16.8. The number of pyridine rings is 1. The largest absolute Gasteiger partial charge is 0.299 e. The average molecular weight is 384 g/mol. The van der Waals surface area contributed by atoms with Crippen LogP contribution in [0.25, 0.3) is 31.8 Å². The van der Waals surface area contributed by atoms with Gasteiger partial charge in [0.1, 0.15) is 10.6 Å². The molecule has 0 N–H and O–H groups in total. The van der Waals surface area contributed by atoms with Gasteiger partial charge in [0, 0.05) is 16.0 Å². The van der Waals surface area contributed by atoms with Crippen LogP contribution in [-0.4, -0.2) is 10.8 Å². The maximum Gasteiger partial charge on any atom is 0.140 e. The Morgan fingerprint density at radius 1 is 0.893 bits per heavy atom. The van der Waals surface area contributed by atoms with Crippen molar-refractivity contribution in [2.75, 3.05) is 0 Å². The number of ketones is 1. The number of rotatable bonds is 4. The lowest BCUT2D eigenvalue weighted by atomic mass is 9.90. The third-order valence-electron chi connectivity index (χ3n) is 5.89. The number of benzene rings is 2. The Hall–Kier alpha value is -2.78. The van der Waals surface area contributed by atoms with Gasteiger partial charge >= 0.3 is 0 Å². The standard InChI is InChI=1S/C25H21NOS/c1-16-3-4-21-15-23(28-24(21)26-16)20-7-5-18(6-8-20)19-9-11-22(12-10-19)25(13-14-25)17(2)27/h3-12,15H,13-14H2,1-2H3. The summed E-state index contributed by atoms with van der Waals surface area (Å²) in [5.41, 5.74) is 5.61. The van der Waals surface area contributed by atoms with Crippen LogP contribution in [0.15, 0.2) is 66.7 Å². The van der Waals surface area contributed by atoms with E-state index in [0.29, 0.717) is 0 Å². The van der Waals surface area contributed by atoms with Crippen LogP contribution < -0.4 is 0 Å². The lowest BCUT2D eigenvalue weighted by Crippen LogP contribution is -2.16. The Morgan fingerprint density at radius 3 is 2.11 bits per heavy atom. The maximum absolute atomic E-state index is 11.9.